The van der Waals surface area contributed by atoms with E-state index >= 15 is 0 Å². The van der Waals surface area contributed by atoms with Crippen molar-refractivity contribution >= 4 is 57.3 Å². The van der Waals surface area contributed by atoms with Gasteiger partial charge < -0.3 is 9.80 Å². The van der Waals surface area contributed by atoms with E-state index in [4.69, 9.17) is 4.98 Å². The lowest BCUT2D eigenvalue weighted by atomic mass is 9.87. The standard InChI is InChI=1S/C37H38N4Si/c1-37(2,3)26-21-27(40-25-39(4)33-15-9-10-16-34(33)40)23-29(22-26)42(5,6)28-18-19-31-30-13-7-8-14-32(30)41(35(31)24-28)36-17-11-12-20-38-36/h7-24H,25H2,1-6H3. The second-order valence-electron chi connectivity index (χ2n) is 13.2. The number of fused-ring (bicyclic) bond motifs is 4. The Hall–Kier alpha value is -4.35. The molecule has 5 heteroatoms. The van der Waals surface area contributed by atoms with E-state index in [9.17, 15) is 0 Å². The molecule has 42 heavy (non-hydrogen) atoms. The van der Waals surface area contributed by atoms with Gasteiger partial charge in [0.15, 0.2) is 0 Å². The van der Waals surface area contributed by atoms with E-state index in [-0.39, 0.29) is 5.41 Å². The van der Waals surface area contributed by atoms with E-state index in [2.05, 4.69) is 152 Å². The maximum Gasteiger partial charge on any atom is 0.137 e. The van der Waals surface area contributed by atoms with Crippen LogP contribution < -0.4 is 20.2 Å². The molecule has 0 atom stereocenters. The second-order valence-corrected chi connectivity index (χ2v) is 17.6. The van der Waals surface area contributed by atoms with Crippen molar-refractivity contribution in [3.05, 3.63) is 115 Å². The summed E-state index contributed by atoms with van der Waals surface area (Å²) in [7, 11) is 0.0618. The van der Waals surface area contributed by atoms with Crippen molar-refractivity contribution in [2.75, 3.05) is 23.5 Å². The Bertz CT molecular complexity index is 1950. The number of hydrogen-bond acceptors (Lipinski definition) is 3. The lowest BCUT2D eigenvalue weighted by Gasteiger charge is -2.30. The van der Waals surface area contributed by atoms with Crippen LogP contribution in [0, 0.1) is 0 Å². The van der Waals surface area contributed by atoms with Crippen molar-refractivity contribution in [2.45, 2.75) is 39.3 Å². The highest BCUT2D eigenvalue weighted by Gasteiger charge is 2.32. The van der Waals surface area contributed by atoms with Crippen LogP contribution in [0.25, 0.3) is 27.6 Å². The summed E-state index contributed by atoms with van der Waals surface area (Å²) in [4.78, 5) is 9.57. The molecule has 7 rings (SSSR count). The zero-order valence-corrected chi connectivity index (χ0v) is 26.4. The van der Waals surface area contributed by atoms with Crippen LogP contribution in [-0.2, 0) is 5.41 Å². The summed E-state index contributed by atoms with van der Waals surface area (Å²) in [5.74, 6) is 0.953. The number of para-hydroxylation sites is 3. The molecule has 0 N–H and O–H groups in total. The fourth-order valence-electron chi connectivity index (χ4n) is 6.42. The van der Waals surface area contributed by atoms with E-state index in [1.54, 1.807) is 0 Å². The van der Waals surface area contributed by atoms with E-state index in [0.717, 1.165) is 12.5 Å². The van der Waals surface area contributed by atoms with Gasteiger partial charge in [-0.15, -0.1) is 0 Å². The maximum atomic E-state index is 4.76. The molecule has 210 valence electrons. The number of nitrogens with zero attached hydrogens (tertiary/aromatic N) is 4. The van der Waals surface area contributed by atoms with E-state index in [1.807, 2.05) is 12.3 Å². The molecule has 0 amide bonds. The summed E-state index contributed by atoms with van der Waals surface area (Å²) in [6.07, 6.45) is 1.88. The van der Waals surface area contributed by atoms with Crippen molar-refractivity contribution in [1.82, 2.24) is 9.55 Å². The molecule has 0 unspecified atom stereocenters. The van der Waals surface area contributed by atoms with Gasteiger partial charge in [-0.3, -0.25) is 4.57 Å². The predicted octanol–water partition coefficient (Wildman–Crippen LogP) is 7.84. The van der Waals surface area contributed by atoms with Gasteiger partial charge in [0, 0.05) is 29.7 Å². The molecular weight excluding hydrogens is 529 g/mol. The molecule has 0 saturated heterocycles. The Kier molecular flexibility index (Phi) is 6.07. The minimum Gasteiger partial charge on any atom is -0.355 e. The number of rotatable bonds is 4. The Morgan fingerprint density at radius 2 is 1.40 bits per heavy atom. The minimum atomic E-state index is -2.12. The van der Waals surface area contributed by atoms with E-state index in [0.29, 0.717) is 0 Å². The molecule has 0 fully saturated rings. The summed E-state index contributed by atoms with van der Waals surface area (Å²) < 4.78 is 2.33. The number of hydrogen-bond donors (Lipinski definition) is 0. The molecule has 0 bridgehead atoms. The lowest BCUT2D eigenvalue weighted by molar-refractivity contribution is 0.590. The van der Waals surface area contributed by atoms with Gasteiger partial charge >= 0.3 is 0 Å². The van der Waals surface area contributed by atoms with Gasteiger partial charge in [0.2, 0.25) is 0 Å². The van der Waals surface area contributed by atoms with Gasteiger partial charge in [0.1, 0.15) is 13.9 Å². The molecular formula is C37H38N4Si. The Balaban J connectivity index is 1.41. The average molecular weight is 567 g/mol. The highest BCUT2D eigenvalue weighted by Crippen LogP contribution is 2.40. The topological polar surface area (TPSA) is 24.3 Å². The Morgan fingerprint density at radius 1 is 0.690 bits per heavy atom. The highest BCUT2D eigenvalue weighted by atomic mass is 28.3. The Labute approximate surface area is 249 Å². The SMILES string of the molecule is CN1CN(c2cc(C(C)(C)C)cc([Si](C)(C)c3ccc4c5ccccc5n(-c5ccccn5)c4c3)c2)c2ccccc21. The molecule has 0 saturated carbocycles. The summed E-state index contributed by atoms with van der Waals surface area (Å²) in [6, 6.07) is 38.1. The van der Waals surface area contributed by atoms with Crippen LogP contribution in [-0.4, -0.2) is 31.3 Å². The predicted molar refractivity (Wildman–Crippen MR) is 182 cm³/mol. The number of pyridine rings is 1. The summed E-state index contributed by atoms with van der Waals surface area (Å²) in [5, 5.41) is 5.41. The zero-order chi connectivity index (χ0) is 29.2. The van der Waals surface area contributed by atoms with Crippen molar-refractivity contribution in [2.24, 2.45) is 0 Å². The van der Waals surface area contributed by atoms with Crippen molar-refractivity contribution in [3.8, 4) is 5.82 Å². The number of benzene rings is 4. The molecule has 0 spiro atoms. The smallest absolute Gasteiger partial charge is 0.137 e. The monoisotopic (exact) mass is 566 g/mol. The first-order valence-electron chi connectivity index (χ1n) is 14.8. The third-order valence-corrected chi connectivity index (χ3v) is 12.5. The number of anilines is 3. The fraction of sp³-hybridized carbons (Fsp3) is 0.216. The largest absolute Gasteiger partial charge is 0.355 e. The van der Waals surface area contributed by atoms with Gasteiger partial charge in [-0.05, 0) is 59.5 Å². The highest BCUT2D eigenvalue weighted by molar-refractivity contribution is 7.00. The zero-order valence-electron chi connectivity index (χ0n) is 25.4. The van der Waals surface area contributed by atoms with Crippen LogP contribution in [0.1, 0.15) is 26.3 Å². The first kappa shape index (κ1) is 26.5. The lowest BCUT2D eigenvalue weighted by Crippen LogP contribution is -2.53. The molecule has 4 aromatic carbocycles. The first-order chi connectivity index (χ1) is 20.1. The molecule has 4 nitrogen and oxygen atoms in total. The fourth-order valence-corrected chi connectivity index (χ4v) is 8.78. The third kappa shape index (κ3) is 4.22. The average Bonchev–Trinajstić information content (AvgIpc) is 3.51. The van der Waals surface area contributed by atoms with Crippen LogP contribution in [0.5, 0.6) is 0 Å². The molecule has 1 aliphatic rings. The molecule has 1 aliphatic heterocycles. The maximum absolute atomic E-state index is 4.76. The van der Waals surface area contributed by atoms with Gasteiger partial charge in [-0.25, -0.2) is 4.98 Å². The minimum absolute atomic E-state index is 0.0374. The van der Waals surface area contributed by atoms with Crippen molar-refractivity contribution < 1.29 is 0 Å². The number of aromatic nitrogens is 2. The van der Waals surface area contributed by atoms with E-state index in [1.165, 1.54) is 54.8 Å². The summed E-state index contributed by atoms with van der Waals surface area (Å²) in [5.41, 5.74) is 7.66. The molecule has 3 heterocycles. The van der Waals surface area contributed by atoms with Crippen molar-refractivity contribution in [1.29, 1.82) is 0 Å². The van der Waals surface area contributed by atoms with Crippen molar-refractivity contribution in [3.63, 3.8) is 0 Å². The summed E-state index contributed by atoms with van der Waals surface area (Å²) in [6.45, 7) is 12.8. The molecule has 0 radical (unpaired) electrons. The van der Waals surface area contributed by atoms with Crippen LogP contribution in [0.3, 0.4) is 0 Å². The molecule has 0 aliphatic carbocycles. The summed E-state index contributed by atoms with van der Waals surface area (Å²) >= 11 is 0. The molecule has 6 aromatic rings. The Morgan fingerprint density at radius 3 is 2.17 bits per heavy atom. The second kappa shape index (κ2) is 9.60. The first-order valence-corrected chi connectivity index (χ1v) is 17.8. The van der Waals surface area contributed by atoms with E-state index < -0.39 is 8.07 Å². The van der Waals surface area contributed by atoms with Gasteiger partial charge in [0.05, 0.1) is 29.1 Å². The van der Waals surface area contributed by atoms with Gasteiger partial charge in [-0.1, -0.05) is 98.8 Å². The van der Waals surface area contributed by atoms with Crippen LogP contribution in [0.2, 0.25) is 13.1 Å². The van der Waals surface area contributed by atoms with Crippen LogP contribution >= 0.6 is 0 Å². The van der Waals surface area contributed by atoms with Gasteiger partial charge in [-0.2, -0.15) is 0 Å². The molecule has 2 aromatic heterocycles. The van der Waals surface area contributed by atoms with Gasteiger partial charge in [0.25, 0.3) is 0 Å². The van der Waals surface area contributed by atoms with Crippen LogP contribution in [0.15, 0.2) is 109 Å². The quantitative estimate of drug-likeness (QED) is 0.203. The van der Waals surface area contributed by atoms with Crippen LogP contribution in [0.4, 0.5) is 17.1 Å². The normalized spacial score (nSPS) is 13.8. The third-order valence-electron chi connectivity index (χ3n) is 9.03.